The van der Waals surface area contributed by atoms with Crippen LogP contribution in [0.3, 0.4) is 0 Å². The zero-order valence-corrected chi connectivity index (χ0v) is 15.4. The molecule has 0 saturated carbocycles. The second-order valence-corrected chi connectivity index (χ2v) is 6.64. The SMILES string of the molecule is COc1ccnc(CSc2nc3cc(OC(F)(F)C(F)F)c(F)cc3[nH]2)c1C. The Bertz CT molecular complexity index is 996. The Morgan fingerprint density at radius 3 is 2.68 bits per heavy atom. The summed E-state index contributed by atoms with van der Waals surface area (Å²) in [5.41, 5.74) is 1.91. The van der Waals surface area contributed by atoms with E-state index in [9.17, 15) is 22.0 Å². The summed E-state index contributed by atoms with van der Waals surface area (Å²) in [5.74, 6) is -1.12. The minimum Gasteiger partial charge on any atom is -0.496 e. The highest BCUT2D eigenvalue weighted by molar-refractivity contribution is 7.98. The molecule has 2 aromatic heterocycles. The fourth-order valence-electron chi connectivity index (χ4n) is 2.39. The number of pyridine rings is 1. The van der Waals surface area contributed by atoms with Crippen LogP contribution in [0.4, 0.5) is 22.0 Å². The monoisotopic (exact) mass is 419 g/mol. The first-order valence-corrected chi connectivity index (χ1v) is 8.85. The number of hydrogen-bond donors (Lipinski definition) is 1. The summed E-state index contributed by atoms with van der Waals surface area (Å²) in [5, 5.41) is 0.371. The molecule has 0 aliphatic rings. The number of aromatic amines is 1. The van der Waals surface area contributed by atoms with Crippen LogP contribution in [0.15, 0.2) is 29.6 Å². The van der Waals surface area contributed by atoms with Crippen molar-refractivity contribution in [3.8, 4) is 11.5 Å². The van der Waals surface area contributed by atoms with Gasteiger partial charge in [-0.15, -0.1) is 0 Å². The van der Waals surface area contributed by atoms with Crippen LogP contribution in [0.25, 0.3) is 11.0 Å². The number of nitrogens with zero attached hydrogens (tertiary/aromatic N) is 2. The number of ether oxygens (including phenoxy) is 2. The van der Waals surface area contributed by atoms with Gasteiger partial charge >= 0.3 is 12.5 Å². The Hall–Kier alpha value is -2.56. The van der Waals surface area contributed by atoms with Crippen LogP contribution < -0.4 is 9.47 Å². The molecule has 0 fully saturated rings. The van der Waals surface area contributed by atoms with E-state index >= 15 is 0 Å². The Labute approximate surface area is 160 Å². The van der Waals surface area contributed by atoms with Crippen LogP contribution in [0.1, 0.15) is 11.3 Å². The zero-order valence-electron chi connectivity index (χ0n) is 14.6. The number of thioether (sulfide) groups is 1. The molecule has 150 valence electrons. The lowest BCUT2D eigenvalue weighted by atomic mass is 10.2. The molecule has 0 aliphatic heterocycles. The minimum atomic E-state index is -4.81. The molecule has 0 spiro atoms. The largest absolute Gasteiger partial charge is 0.496 e. The van der Waals surface area contributed by atoms with E-state index in [-0.39, 0.29) is 11.0 Å². The van der Waals surface area contributed by atoms with E-state index in [0.29, 0.717) is 16.7 Å². The quantitative estimate of drug-likeness (QED) is 0.434. The molecule has 5 nitrogen and oxygen atoms in total. The van der Waals surface area contributed by atoms with Crippen molar-refractivity contribution >= 4 is 22.8 Å². The first-order chi connectivity index (χ1) is 13.2. The summed E-state index contributed by atoms with van der Waals surface area (Å²) in [6, 6.07) is 3.43. The number of fused-ring (bicyclic) bond motifs is 1. The number of H-pyrrole nitrogens is 1. The maximum atomic E-state index is 13.9. The number of rotatable bonds is 7. The highest BCUT2D eigenvalue weighted by Gasteiger charge is 2.44. The van der Waals surface area contributed by atoms with Gasteiger partial charge in [0.1, 0.15) is 5.75 Å². The van der Waals surface area contributed by atoms with Crippen LogP contribution >= 0.6 is 11.8 Å². The molecule has 1 aromatic carbocycles. The van der Waals surface area contributed by atoms with Crippen molar-refractivity contribution in [2.45, 2.75) is 30.4 Å². The van der Waals surface area contributed by atoms with E-state index in [1.54, 1.807) is 19.4 Å². The number of benzene rings is 1. The van der Waals surface area contributed by atoms with Gasteiger partial charge in [-0.05, 0) is 13.0 Å². The molecular formula is C17H14F5N3O2S. The minimum absolute atomic E-state index is 0.0966. The molecule has 28 heavy (non-hydrogen) atoms. The average molecular weight is 419 g/mol. The van der Waals surface area contributed by atoms with Crippen molar-refractivity contribution < 1.29 is 31.4 Å². The molecule has 0 unspecified atom stereocenters. The summed E-state index contributed by atoms with van der Waals surface area (Å²) in [6.45, 7) is 1.85. The Kier molecular flexibility index (Phi) is 5.64. The summed E-state index contributed by atoms with van der Waals surface area (Å²) in [4.78, 5) is 11.2. The first-order valence-electron chi connectivity index (χ1n) is 7.86. The Balaban J connectivity index is 1.81. The molecule has 3 rings (SSSR count). The van der Waals surface area contributed by atoms with Gasteiger partial charge in [0.2, 0.25) is 0 Å². The molecule has 0 bridgehead atoms. The second-order valence-electron chi connectivity index (χ2n) is 5.68. The van der Waals surface area contributed by atoms with Gasteiger partial charge in [0.05, 0.1) is 23.8 Å². The number of halogens is 5. The highest BCUT2D eigenvalue weighted by atomic mass is 32.2. The van der Waals surface area contributed by atoms with Crippen LogP contribution in [0.5, 0.6) is 11.5 Å². The third-order valence-electron chi connectivity index (χ3n) is 3.84. The maximum absolute atomic E-state index is 13.9. The Morgan fingerprint density at radius 2 is 2.00 bits per heavy atom. The van der Waals surface area contributed by atoms with E-state index in [4.69, 9.17) is 4.74 Å². The fourth-order valence-corrected chi connectivity index (χ4v) is 3.30. The normalized spacial score (nSPS) is 12.0. The average Bonchev–Trinajstić information content (AvgIpc) is 3.02. The van der Waals surface area contributed by atoms with Crippen molar-refractivity contribution in [1.29, 1.82) is 0 Å². The van der Waals surface area contributed by atoms with Crippen molar-refractivity contribution in [2.75, 3.05) is 7.11 Å². The number of imidazole rings is 1. The molecule has 0 atom stereocenters. The molecule has 11 heteroatoms. The standard InChI is InChI=1S/C17H14F5N3O2S/c1-8-12(23-4-3-13(8)26-2)7-28-16-24-10-5-9(18)14(6-11(10)25-16)27-17(21,22)15(19)20/h3-6,15H,7H2,1-2H3,(H,24,25). The summed E-state index contributed by atoms with van der Waals surface area (Å²) < 4.78 is 73.6. The topological polar surface area (TPSA) is 60.0 Å². The van der Waals surface area contributed by atoms with Gasteiger partial charge in [0.25, 0.3) is 0 Å². The number of methoxy groups -OCH3 is 1. The predicted octanol–water partition coefficient (Wildman–Crippen LogP) is 4.94. The predicted molar refractivity (Wildman–Crippen MR) is 92.7 cm³/mol. The summed E-state index contributed by atoms with van der Waals surface area (Å²) in [7, 11) is 1.55. The van der Waals surface area contributed by atoms with E-state index in [1.807, 2.05) is 6.92 Å². The van der Waals surface area contributed by atoms with E-state index in [0.717, 1.165) is 23.4 Å². The molecular weight excluding hydrogens is 405 g/mol. The van der Waals surface area contributed by atoms with Gasteiger partial charge < -0.3 is 14.5 Å². The molecule has 1 N–H and O–H groups in total. The molecule has 2 heterocycles. The summed E-state index contributed by atoms with van der Waals surface area (Å²) >= 11 is 1.25. The molecule has 0 saturated heterocycles. The molecule has 3 aromatic rings. The van der Waals surface area contributed by atoms with Gasteiger partial charge in [-0.3, -0.25) is 4.98 Å². The van der Waals surface area contributed by atoms with Crippen LogP contribution in [-0.2, 0) is 5.75 Å². The lowest BCUT2D eigenvalue weighted by Gasteiger charge is -2.16. The van der Waals surface area contributed by atoms with Crippen LogP contribution in [-0.4, -0.2) is 34.6 Å². The zero-order chi connectivity index (χ0) is 20.5. The van der Waals surface area contributed by atoms with Gasteiger partial charge in [-0.2, -0.15) is 17.6 Å². The van der Waals surface area contributed by atoms with Crippen molar-refractivity contribution in [3.05, 3.63) is 41.5 Å². The Morgan fingerprint density at radius 1 is 1.25 bits per heavy atom. The number of hydrogen-bond acceptors (Lipinski definition) is 5. The third-order valence-corrected chi connectivity index (χ3v) is 4.72. The smallest absolute Gasteiger partial charge is 0.461 e. The fraction of sp³-hybridized carbons (Fsp3) is 0.294. The van der Waals surface area contributed by atoms with Crippen molar-refractivity contribution in [2.24, 2.45) is 0 Å². The number of nitrogens with one attached hydrogen (secondary N) is 1. The molecule has 0 radical (unpaired) electrons. The van der Waals surface area contributed by atoms with Gasteiger partial charge in [-0.25, -0.2) is 9.37 Å². The maximum Gasteiger partial charge on any atom is 0.461 e. The van der Waals surface area contributed by atoms with Gasteiger partial charge in [0.15, 0.2) is 16.7 Å². The lowest BCUT2D eigenvalue weighted by Crippen LogP contribution is -2.33. The lowest BCUT2D eigenvalue weighted by molar-refractivity contribution is -0.254. The van der Waals surface area contributed by atoms with Gasteiger partial charge in [0, 0.05) is 29.6 Å². The molecule has 0 aliphatic carbocycles. The van der Waals surface area contributed by atoms with Crippen LogP contribution in [0.2, 0.25) is 0 Å². The third kappa shape index (κ3) is 4.13. The van der Waals surface area contributed by atoms with Crippen molar-refractivity contribution in [3.63, 3.8) is 0 Å². The van der Waals surface area contributed by atoms with E-state index < -0.39 is 24.1 Å². The van der Waals surface area contributed by atoms with Gasteiger partial charge in [-0.1, -0.05) is 11.8 Å². The molecule has 0 amide bonds. The van der Waals surface area contributed by atoms with Crippen molar-refractivity contribution in [1.82, 2.24) is 15.0 Å². The second kappa shape index (κ2) is 7.82. The first kappa shape index (κ1) is 20.2. The van der Waals surface area contributed by atoms with E-state index in [2.05, 4.69) is 19.7 Å². The summed E-state index contributed by atoms with van der Waals surface area (Å²) in [6.07, 6.45) is -7.30. The van der Waals surface area contributed by atoms with E-state index in [1.165, 1.54) is 11.8 Å². The highest BCUT2D eigenvalue weighted by Crippen LogP contribution is 2.33. The number of aromatic nitrogens is 3. The van der Waals surface area contributed by atoms with Crippen LogP contribution in [0, 0.1) is 12.7 Å². The number of alkyl halides is 4.